The van der Waals surface area contributed by atoms with Gasteiger partial charge in [-0.1, -0.05) is 35.9 Å². The van der Waals surface area contributed by atoms with Gasteiger partial charge in [0.2, 0.25) is 0 Å². The second-order valence-corrected chi connectivity index (χ2v) is 10.8. The molecule has 216 valence electrons. The topological polar surface area (TPSA) is 71.6 Å². The van der Waals surface area contributed by atoms with Crippen LogP contribution in [0.25, 0.3) is 22.3 Å². The van der Waals surface area contributed by atoms with Crippen LogP contribution in [0.1, 0.15) is 28.8 Å². The van der Waals surface area contributed by atoms with Crippen LogP contribution in [0, 0.1) is 18.6 Å². The highest BCUT2D eigenvalue weighted by atomic mass is 19.2. The predicted octanol–water partition coefficient (Wildman–Crippen LogP) is 6.34. The molecular formula is C34H33F2N3O3. The van der Waals surface area contributed by atoms with Crippen molar-refractivity contribution in [3.63, 3.8) is 0 Å². The van der Waals surface area contributed by atoms with E-state index in [9.17, 15) is 13.6 Å². The van der Waals surface area contributed by atoms with Gasteiger partial charge in [0.15, 0.2) is 11.6 Å². The molecule has 0 aromatic heterocycles. The van der Waals surface area contributed by atoms with Gasteiger partial charge in [0.25, 0.3) is 5.91 Å². The van der Waals surface area contributed by atoms with Gasteiger partial charge < -0.3 is 25.4 Å². The van der Waals surface area contributed by atoms with Crippen LogP contribution in [0.15, 0.2) is 78.9 Å². The third kappa shape index (κ3) is 6.30. The van der Waals surface area contributed by atoms with Crippen molar-refractivity contribution in [2.75, 3.05) is 31.5 Å². The van der Waals surface area contributed by atoms with E-state index in [4.69, 9.17) is 9.47 Å². The van der Waals surface area contributed by atoms with Crippen molar-refractivity contribution in [1.82, 2.24) is 10.6 Å². The molecule has 4 aromatic rings. The zero-order chi connectivity index (χ0) is 29.1. The van der Waals surface area contributed by atoms with Crippen LogP contribution >= 0.6 is 0 Å². The molecule has 0 bridgehead atoms. The number of carbonyl (C=O) groups excluding carboxylic acids is 1. The summed E-state index contributed by atoms with van der Waals surface area (Å²) in [6.07, 6.45) is 1.81. The van der Waals surface area contributed by atoms with Crippen LogP contribution in [0.5, 0.6) is 11.5 Å². The Balaban J connectivity index is 1.30. The molecule has 0 aliphatic carbocycles. The molecule has 0 saturated carbocycles. The molecular weight excluding hydrogens is 536 g/mol. The molecule has 3 N–H and O–H groups in total. The second-order valence-electron chi connectivity index (χ2n) is 10.8. The Morgan fingerprint density at radius 1 is 0.762 bits per heavy atom. The fraction of sp³-hybridized carbons (Fsp3) is 0.265. The minimum atomic E-state index is -0.963. The van der Waals surface area contributed by atoms with E-state index in [1.807, 2.05) is 43.3 Å². The van der Waals surface area contributed by atoms with Gasteiger partial charge in [0.1, 0.15) is 23.7 Å². The van der Waals surface area contributed by atoms with Crippen molar-refractivity contribution >= 4 is 11.6 Å². The summed E-state index contributed by atoms with van der Waals surface area (Å²) in [5.41, 5.74) is 4.92. The van der Waals surface area contributed by atoms with Gasteiger partial charge in [0, 0.05) is 35.5 Å². The smallest absolute Gasteiger partial charge is 0.255 e. The van der Waals surface area contributed by atoms with Crippen molar-refractivity contribution in [1.29, 1.82) is 0 Å². The van der Waals surface area contributed by atoms with Gasteiger partial charge in [-0.3, -0.25) is 4.79 Å². The first-order valence-electron chi connectivity index (χ1n) is 14.3. The number of ether oxygens (including phenoxy) is 2. The van der Waals surface area contributed by atoms with Gasteiger partial charge in [-0.05, 0) is 92.5 Å². The zero-order valence-electron chi connectivity index (χ0n) is 23.4. The SMILES string of the molecule is Cc1cccc(-c2cc(NC(=O)c3ccc(OC4CCNC4)c(-c4ccc(F)c(F)c4)c3)ccc2OC2CCNC2)c1. The normalized spacial score (nSPS) is 18.2. The number of hydrogen-bond donors (Lipinski definition) is 3. The van der Waals surface area contributed by atoms with Crippen molar-refractivity contribution in [3.8, 4) is 33.8 Å². The lowest BCUT2D eigenvalue weighted by Crippen LogP contribution is -2.20. The maximum atomic E-state index is 14.2. The Hall–Kier alpha value is -4.27. The van der Waals surface area contributed by atoms with Gasteiger partial charge in [-0.25, -0.2) is 8.78 Å². The zero-order valence-corrected chi connectivity index (χ0v) is 23.4. The largest absolute Gasteiger partial charge is 0.488 e. The number of nitrogens with one attached hydrogen (secondary N) is 3. The van der Waals surface area contributed by atoms with E-state index in [2.05, 4.69) is 22.0 Å². The van der Waals surface area contributed by atoms with E-state index in [1.54, 1.807) is 18.2 Å². The summed E-state index contributed by atoms with van der Waals surface area (Å²) in [4.78, 5) is 13.5. The number of benzene rings is 4. The molecule has 2 aliphatic heterocycles. The minimum Gasteiger partial charge on any atom is -0.488 e. The second kappa shape index (κ2) is 12.3. The van der Waals surface area contributed by atoms with Crippen molar-refractivity contribution in [2.45, 2.75) is 32.0 Å². The van der Waals surface area contributed by atoms with Gasteiger partial charge in [0.05, 0.1) is 0 Å². The van der Waals surface area contributed by atoms with Crippen LogP contribution < -0.4 is 25.4 Å². The lowest BCUT2D eigenvalue weighted by atomic mass is 10.0. The summed E-state index contributed by atoms with van der Waals surface area (Å²) in [7, 11) is 0. The van der Waals surface area contributed by atoms with E-state index in [0.29, 0.717) is 34.7 Å². The van der Waals surface area contributed by atoms with E-state index >= 15 is 0 Å². The number of anilines is 1. The number of carbonyl (C=O) groups is 1. The van der Waals surface area contributed by atoms with Crippen LogP contribution in [-0.4, -0.2) is 44.3 Å². The molecule has 2 heterocycles. The molecule has 2 fully saturated rings. The Morgan fingerprint density at radius 3 is 2.07 bits per heavy atom. The Morgan fingerprint density at radius 2 is 1.43 bits per heavy atom. The van der Waals surface area contributed by atoms with E-state index in [-0.39, 0.29) is 18.1 Å². The molecule has 2 aliphatic rings. The maximum Gasteiger partial charge on any atom is 0.255 e. The van der Waals surface area contributed by atoms with Crippen molar-refractivity contribution < 1.29 is 23.0 Å². The minimum absolute atomic E-state index is 0.0467. The highest BCUT2D eigenvalue weighted by Crippen LogP contribution is 2.36. The van der Waals surface area contributed by atoms with Crippen LogP contribution in [0.3, 0.4) is 0 Å². The van der Waals surface area contributed by atoms with Gasteiger partial charge in [-0.15, -0.1) is 0 Å². The van der Waals surface area contributed by atoms with E-state index in [1.165, 1.54) is 6.07 Å². The monoisotopic (exact) mass is 569 g/mol. The maximum absolute atomic E-state index is 14.2. The average molecular weight is 570 g/mol. The summed E-state index contributed by atoms with van der Waals surface area (Å²) >= 11 is 0. The van der Waals surface area contributed by atoms with Gasteiger partial charge in [-0.2, -0.15) is 0 Å². The molecule has 4 aromatic carbocycles. The Bertz CT molecular complexity index is 1600. The third-order valence-electron chi connectivity index (χ3n) is 7.66. The molecule has 0 radical (unpaired) electrons. The number of hydrogen-bond acceptors (Lipinski definition) is 5. The first kappa shape index (κ1) is 27.9. The van der Waals surface area contributed by atoms with Crippen molar-refractivity contribution in [2.24, 2.45) is 0 Å². The average Bonchev–Trinajstić information content (AvgIpc) is 3.70. The first-order chi connectivity index (χ1) is 20.4. The fourth-order valence-corrected chi connectivity index (χ4v) is 5.43. The molecule has 6 rings (SSSR count). The molecule has 2 atom stereocenters. The molecule has 2 unspecified atom stereocenters. The number of amides is 1. The Kier molecular flexibility index (Phi) is 8.17. The Labute approximate surface area is 244 Å². The highest BCUT2D eigenvalue weighted by molar-refractivity contribution is 6.05. The lowest BCUT2D eigenvalue weighted by molar-refractivity contribution is 0.102. The molecule has 1 amide bonds. The quantitative estimate of drug-likeness (QED) is 0.231. The molecule has 2 saturated heterocycles. The standard InChI is InChI=1S/C34H33F2N3O3/c1-21-3-2-4-22(15-21)29-18-25(7-10-33(29)42-27-12-14-38-20-27)39-34(40)24-6-9-32(41-26-11-13-37-19-26)28(16-24)23-5-8-30(35)31(36)17-23/h2-10,15-18,26-27,37-38H,11-14,19-20H2,1H3,(H,39,40). The highest BCUT2D eigenvalue weighted by Gasteiger charge is 2.21. The third-order valence-corrected chi connectivity index (χ3v) is 7.66. The first-order valence-corrected chi connectivity index (χ1v) is 14.3. The number of halogens is 2. The fourth-order valence-electron chi connectivity index (χ4n) is 5.43. The molecule has 8 heteroatoms. The number of rotatable bonds is 8. The summed E-state index contributed by atoms with van der Waals surface area (Å²) in [5.74, 6) is -0.963. The summed E-state index contributed by atoms with van der Waals surface area (Å²) in [5, 5.41) is 9.59. The molecule has 42 heavy (non-hydrogen) atoms. The van der Waals surface area contributed by atoms with Crippen LogP contribution in [-0.2, 0) is 0 Å². The van der Waals surface area contributed by atoms with Crippen LogP contribution in [0.2, 0.25) is 0 Å². The van der Waals surface area contributed by atoms with Gasteiger partial charge >= 0.3 is 0 Å². The summed E-state index contributed by atoms with van der Waals surface area (Å²) in [6.45, 7) is 5.30. The summed E-state index contributed by atoms with van der Waals surface area (Å²) < 4.78 is 40.5. The summed E-state index contributed by atoms with van der Waals surface area (Å²) in [6, 6.07) is 22.6. The van der Waals surface area contributed by atoms with E-state index in [0.717, 1.165) is 67.0 Å². The molecule has 6 nitrogen and oxygen atoms in total. The molecule has 0 spiro atoms. The van der Waals surface area contributed by atoms with E-state index < -0.39 is 11.6 Å². The predicted molar refractivity (Wildman–Crippen MR) is 160 cm³/mol. The van der Waals surface area contributed by atoms with Crippen LogP contribution in [0.4, 0.5) is 14.5 Å². The van der Waals surface area contributed by atoms with Crippen molar-refractivity contribution in [3.05, 3.63) is 102 Å². The lowest BCUT2D eigenvalue weighted by Gasteiger charge is -2.19. The number of aryl methyl sites for hydroxylation is 1.